The first-order valence-corrected chi connectivity index (χ1v) is 42.3. The molecule has 1 fully saturated rings. The number of aromatic nitrogens is 5. The van der Waals surface area contributed by atoms with Crippen LogP contribution in [0.15, 0.2) is 322 Å². The largest absolute Gasteiger partial charge is 0.456 e. The Bertz CT molecular complexity index is 8470. The zero-order valence-electron chi connectivity index (χ0n) is 81.3. The maximum atomic E-state index is 8.96. The summed E-state index contributed by atoms with van der Waals surface area (Å²) in [5.41, 5.74) is 24.7. The van der Waals surface area contributed by atoms with E-state index in [4.69, 9.17) is 32.7 Å². The fourth-order valence-corrected chi connectivity index (χ4v) is 18.9. The lowest BCUT2D eigenvalue weighted by Gasteiger charge is -2.21. The van der Waals surface area contributed by atoms with Crippen LogP contribution in [0, 0.1) is 61.1 Å². The lowest BCUT2D eigenvalue weighted by atomic mass is 9.85. The molecule has 9 heterocycles. The number of hydrogen-bond donors (Lipinski definition) is 0. The topological polar surface area (TPSA) is 81.0 Å². The molecule has 0 unspecified atom stereocenters. The minimum absolute atomic E-state index is 0.0917. The van der Waals surface area contributed by atoms with Crippen LogP contribution in [0.2, 0.25) is 0 Å². The van der Waals surface area contributed by atoms with Gasteiger partial charge < -0.3 is 17.7 Å². The van der Waals surface area contributed by atoms with E-state index in [0.29, 0.717) is 39.0 Å². The summed E-state index contributed by atoms with van der Waals surface area (Å²) < 4.78 is 124. The van der Waals surface area contributed by atoms with Gasteiger partial charge in [0.1, 0.15) is 67.3 Å². The molecule has 0 bridgehead atoms. The zero-order valence-corrected chi connectivity index (χ0v) is 70.3. The molecule has 0 N–H and O–H groups in total. The second-order valence-corrected chi connectivity index (χ2v) is 33.1. The van der Waals surface area contributed by atoms with E-state index in [1.807, 2.05) is 183 Å². The van der Waals surface area contributed by atoms with Crippen molar-refractivity contribution < 1.29 is 51.0 Å². The Kier molecular flexibility index (Phi) is 17.0. The summed E-state index contributed by atoms with van der Waals surface area (Å²) >= 11 is 0. The number of fused-ring (bicyclic) bond motifs is 20. The van der Waals surface area contributed by atoms with Gasteiger partial charge in [0.05, 0.1) is 27.6 Å². The Morgan fingerprint density at radius 2 is 0.740 bits per heavy atom. The normalized spacial score (nSPS) is 14.3. The summed E-state index contributed by atoms with van der Waals surface area (Å²) in [6.07, 6.45) is 13.5. The maximum Gasteiger partial charge on any atom is 0.227 e. The van der Waals surface area contributed by atoms with E-state index < -0.39 is 26.9 Å². The van der Waals surface area contributed by atoms with Crippen molar-refractivity contribution in [3.63, 3.8) is 0 Å². The van der Waals surface area contributed by atoms with E-state index >= 15 is 0 Å². The van der Waals surface area contributed by atoms with Gasteiger partial charge in [0.2, 0.25) is 28.5 Å². The van der Waals surface area contributed by atoms with Crippen LogP contribution in [0.4, 0.5) is 0 Å². The molecule has 9 nitrogen and oxygen atoms in total. The van der Waals surface area contributed by atoms with Crippen molar-refractivity contribution in [1.82, 2.24) is 4.98 Å². The van der Waals surface area contributed by atoms with Crippen LogP contribution in [-0.2, 0) is 34.6 Å². The van der Waals surface area contributed by atoms with Gasteiger partial charge in [-0.05, 0) is 211 Å². The smallest absolute Gasteiger partial charge is 0.227 e. The molecule has 23 rings (SSSR count). The Labute approximate surface area is 732 Å². The molecular formula is C114H99N5O4+4. The highest BCUT2D eigenvalue weighted by Gasteiger charge is 2.28. The highest BCUT2D eigenvalue weighted by molar-refractivity contribution is 6.23. The van der Waals surface area contributed by atoms with Crippen molar-refractivity contribution in [2.24, 2.45) is 34.1 Å². The van der Waals surface area contributed by atoms with Crippen molar-refractivity contribution >= 4 is 131 Å². The zero-order chi connectivity index (χ0) is 93.3. The Morgan fingerprint density at radius 3 is 1.24 bits per heavy atom. The van der Waals surface area contributed by atoms with Gasteiger partial charge in [-0.1, -0.05) is 202 Å². The summed E-state index contributed by atoms with van der Waals surface area (Å²) in [6.45, 7) is 3.64. The molecule has 600 valence electrons. The van der Waals surface area contributed by atoms with Crippen LogP contribution >= 0.6 is 0 Å². The van der Waals surface area contributed by atoms with Crippen LogP contribution < -0.4 is 18.3 Å². The predicted molar refractivity (Wildman–Crippen MR) is 508 cm³/mol. The van der Waals surface area contributed by atoms with Gasteiger partial charge in [-0.2, -0.15) is 0 Å². The average molecular weight is 1610 g/mol. The van der Waals surface area contributed by atoms with Gasteiger partial charge in [0.25, 0.3) is 0 Å². The summed E-state index contributed by atoms with van der Waals surface area (Å²) in [5, 5.41) is 17.1. The molecule has 13 aromatic carbocycles. The fourth-order valence-electron chi connectivity index (χ4n) is 18.9. The minimum Gasteiger partial charge on any atom is -0.456 e. The van der Waals surface area contributed by atoms with Crippen LogP contribution in [0.25, 0.3) is 198 Å². The van der Waals surface area contributed by atoms with Gasteiger partial charge in [-0.15, -0.1) is 0 Å². The van der Waals surface area contributed by atoms with Crippen LogP contribution in [0.5, 0.6) is 0 Å². The van der Waals surface area contributed by atoms with Crippen molar-refractivity contribution in [2.75, 3.05) is 0 Å². The third-order valence-corrected chi connectivity index (χ3v) is 25.3. The Balaban J connectivity index is 0.000000112. The SMILES string of the molecule is Cc1cc[n+](C)c(-c2ccc3c(oc4ncc5ccccc5c43)c2C)c1.[2H]C([2H])([2H])c1c[n+](C)c(-c2ccc3c(oc4cc(C([2H])([2H])[2H])c5ccccc5c43)c2C)cc1-c1ccccc1.[2H]C([2H])([2H])c1c[n+](C)c(-c2ccc3c(oc4ccc5ccccc5c43)c2C)cc1-c1ccccc1.[2H]C([2H])(c1cc[n+](C)c(-c2ccc3c(oc4ccc5ccccc5c43)c2C)c1)C1CCCCC1. The van der Waals surface area contributed by atoms with E-state index in [1.165, 1.54) is 50.2 Å². The third-order valence-electron chi connectivity index (χ3n) is 25.3. The molecule has 0 spiro atoms. The lowest BCUT2D eigenvalue weighted by Crippen LogP contribution is -2.31. The first-order valence-electron chi connectivity index (χ1n) is 47.8. The summed E-state index contributed by atoms with van der Waals surface area (Å²) in [4.78, 5) is 4.55. The molecule has 0 amide bonds. The monoisotopic (exact) mass is 1610 g/mol. The van der Waals surface area contributed by atoms with Crippen molar-refractivity contribution in [3.8, 4) is 67.3 Å². The van der Waals surface area contributed by atoms with E-state index in [0.717, 1.165) is 180 Å². The summed E-state index contributed by atoms with van der Waals surface area (Å²) in [6, 6.07) is 91.1. The first-order chi connectivity index (χ1) is 64.4. The number of aryl methyl sites for hydroxylation is 12. The van der Waals surface area contributed by atoms with Crippen LogP contribution in [0.3, 0.4) is 0 Å². The second-order valence-electron chi connectivity index (χ2n) is 33.1. The molecule has 0 aliphatic heterocycles. The molecule has 0 atom stereocenters. The highest BCUT2D eigenvalue weighted by atomic mass is 16.3. The summed E-state index contributed by atoms with van der Waals surface area (Å²) in [7, 11) is 7.85. The number of hydrogen-bond acceptors (Lipinski definition) is 5. The molecule has 9 heteroatoms. The molecule has 0 saturated heterocycles. The Morgan fingerprint density at radius 1 is 0.333 bits per heavy atom. The predicted octanol–water partition coefficient (Wildman–Crippen LogP) is 28.2. The average Bonchev–Trinajstić information content (AvgIpc) is 1.60. The molecule has 1 saturated carbocycles. The number of benzene rings is 13. The fraction of sp³-hybridized carbons (Fsp3) is 0.167. The minimum atomic E-state index is -2.28. The van der Waals surface area contributed by atoms with Crippen molar-refractivity contribution in [2.45, 2.75) is 93.7 Å². The number of furan rings is 4. The highest BCUT2D eigenvalue weighted by Crippen LogP contribution is 2.45. The number of pyridine rings is 5. The third kappa shape index (κ3) is 13.9. The van der Waals surface area contributed by atoms with E-state index in [1.54, 1.807) is 18.5 Å². The van der Waals surface area contributed by atoms with Crippen LogP contribution in [-0.4, -0.2) is 4.98 Å². The molecular weight excluding hydrogens is 1500 g/mol. The molecule has 0 radical (unpaired) electrons. The van der Waals surface area contributed by atoms with E-state index in [-0.39, 0.29) is 17.0 Å². The van der Waals surface area contributed by atoms with Gasteiger partial charge in [-0.3, -0.25) is 0 Å². The van der Waals surface area contributed by atoms with Gasteiger partial charge in [-0.25, -0.2) is 23.3 Å². The lowest BCUT2D eigenvalue weighted by molar-refractivity contribution is -0.660. The Hall–Kier alpha value is -14.2. The number of rotatable bonds is 8. The van der Waals surface area contributed by atoms with E-state index in [2.05, 4.69) is 189 Å². The standard InChI is InChI=1S/C31H26NO.C30H24NO.C30H30NO.C23H19N2O/c1-19-16-29-30(25-13-9-8-12-23(19)25)26-15-14-24(21(3)31(26)33-29)28-17-27(20(2)18-32(28)4)22-10-6-5-7-11-22;1-19-18-31(3)27(17-26(19)21-9-5-4-6-10-21)23-14-15-25-29-24-12-8-7-11-22(24)13-16-28(29)32-30(25)20(23)2;1-20-24(27-19-22(16-17-31(27)2)18-21-8-4-3-5-9-21)13-14-26-29-25-11-7-6-10-23(25)12-15-28(29)32-30(20)26;1-14-10-11-25(3)20(12-14)17-8-9-19-21-18-7-5-4-6-16(18)13-24-23(21)26-22(19)15(17)2/h5-18H,1-4H3;4-18H,1-3H3;6-7,10-17,19,21H,3-5,8-9,18H2,1-2H3;4-13H,1-3H3/q4*+1/i1D3,2D3;1D3;18D2;. The molecule has 1 aliphatic carbocycles. The quantitative estimate of drug-likeness (QED) is 0.142. The van der Waals surface area contributed by atoms with E-state index in [9.17, 15) is 0 Å². The first kappa shape index (κ1) is 65.7. The molecule has 123 heavy (non-hydrogen) atoms. The summed E-state index contributed by atoms with van der Waals surface area (Å²) in [5.74, 6) is 0.0917. The molecule has 1 aliphatic rings. The van der Waals surface area contributed by atoms with Gasteiger partial charge in [0, 0.05) is 134 Å². The molecule has 22 aromatic rings. The second kappa shape index (κ2) is 31.8. The van der Waals surface area contributed by atoms with Crippen molar-refractivity contribution in [3.05, 3.63) is 354 Å². The van der Waals surface area contributed by atoms with Gasteiger partial charge >= 0.3 is 0 Å². The van der Waals surface area contributed by atoms with Gasteiger partial charge in [0.15, 0.2) is 24.8 Å². The van der Waals surface area contributed by atoms with Crippen LogP contribution in [0.1, 0.15) is 97.3 Å². The van der Waals surface area contributed by atoms with Crippen molar-refractivity contribution in [1.29, 1.82) is 0 Å². The number of nitrogens with zero attached hydrogens (tertiary/aromatic N) is 5. The maximum absolute atomic E-state index is 8.96. The molecule has 9 aromatic heterocycles.